The van der Waals surface area contributed by atoms with E-state index in [1.165, 1.54) is 0 Å². The second kappa shape index (κ2) is 9.90. The highest BCUT2D eigenvalue weighted by atomic mass is 16.5. The third-order valence-corrected chi connectivity index (χ3v) is 5.71. The van der Waals surface area contributed by atoms with Gasteiger partial charge < -0.3 is 25.0 Å². The molecule has 30 heavy (non-hydrogen) atoms. The summed E-state index contributed by atoms with van der Waals surface area (Å²) in [7, 11) is 1.58. The maximum Gasteiger partial charge on any atom is 0.244 e. The zero-order chi connectivity index (χ0) is 21.7. The van der Waals surface area contributed by atoms with Crippen LogP contribution in [0.25, 0.3) is 0 Å². The van der Waals surface area contributed by atoms with Gasteiger partial charge in [-0.2, -0.15) is 0 Å². The molecular weight excluding hydrogens is 388 g/mol. The Kier molecular flexibility index (Phi) is 7.28. The lowest BCUT2D eigenvalue weighted by Gasteiger charge is -2.35. The van der Waals surface area contributed by atoms with Crippen LogP contribution in [-0.2, 0) is 14.4 Å². The fourth-order valence-electron chi connectivity index (χ4n) is 3.90. The Hall–Kier alpha value is -2.65. The smallest absolute Gasteiger partial charge is 0.244 e. The Labute approximate surface area is 176 Å². The molecule has 0 radical (unpaired) electrons. The molecule has 2 saturated heterocycles. The third-order valence-electron chi connectivity index (χ3n) is 5.71. The third kappa shape index (κ3) is 5.09. The van der Waals surface area contributed by atoms with Crippen LogP contribution >= 0.6 is 0 Å². The summed E-state index contributed by atoms with van der Waals surface area (Å²) in [5.74, 6) is -0.303. The normalized spacial score (nSPS) is 20.9. The van der Waals surface area contributed by atoms with Gasteiger partial charge in [0.15, 0.2) is 0 Å². The Morgan fingerprint density at radius 1 is 1.20 bits per heavy atom. The van der Waals surface area contributed by atoms with Crippen molar-refractivity contribution in [2.45, 2.75) is 19.4 Å². The fraction of sp³-hybridized carbons (Fsp3) is 0.571. The second-order valence-electron chi connectivity index (χ2n) is 7.72. The van der Waals surface area contributed by atoms with Crippen LogP contribution in [0.2, 0.25) is 0 Å². The number of nitrogens with zero attached hydrogens (tertiary/aromatic N) is 3. The van der Waals surface area contributed by atoms with Crippen LogP contribution < -0.4 is 15.0 Å². The molecule has 2 aliphatic rings. The molecule has 9 nitrogen and oxygen atoms in total. The Bertz CT molecular complexity index is 761. The molecule has 1 aromatic carbocycles. The van der Waals surface area contributed by atoms with Gasteiger partial charge >= 0.3 is 0 Å². The highest BCUT2D eigenvalue weighted by Crippen LogP contribution is 2.27. The van der Waals surface area contributed by atoms with Gasteiger partial charge in [-0.3, -0.25) is 19.3 Å². The van der Waals surface area contributed by atoms with Gasteiger partial charge in [-0.1, -0.05) is 0 Å². The van der Waals surface area contributed by atoms with Crippen molar-refractivity contribution in [3.8, 4) is 5.75 Å². The van der Waals surface area contributed by atoms with Gasteiger partial charge in [-0.05, 0) is 31.2 Å². The number of hydrogen-bond acceptors (Lipinski definition) is 6. The number of hydrogen-bond donors (Lipinski definition) is 2. The average Bonchev–Trinajstić information content (AvgIpc) is 3.16. The number of carbonyl (C=O) groups excluding carboxylic acids is 3. The molecule has 2 aliphatic heterocycles. The van der Waals surface area contributed by atoms with E-state index in [2.05, 4.69) is 10.2 Å². The van der Waals surface area contributed by atoms with E-state index < -0.39 is 12.0 Å². The molecular formula is C21H30N4O5. The van der Waals surface area contributed by atoms with E-state index in [-0.39, 0.29) is 37.3 Å². The van der Waals surface area contributed by atoms with Crippen molar-refractivity contribution >= 4 is 23.4 Å². The number of rotatable bonds is 7. The van der Waals surface area contributed by atoms with Crippen molar-refractivity contribution in [3.05, 3.63) is 24.3 Å². The second-order valence-corrected chi connectivity index (χ2v) is 7.72. The van der Waals surface area contributed by atoms with Crippen molar-refractivity contribution in [2.75, 3.05) is 57.9 Å². The first kappa shape index (κ1) is 22.0. The molecule has 3 amide bonds. The first-order valence-corrected chi connectivity index (χ1v) is 10.3. The van der Waals surface area contributed by atoms with Crippen LogP contribution in [0.5, 0.6) is 5.75 Å². The van der Waals surface area contributed by atoms with Crippen LogP contribution in [0.3, 0.4) is 0 Å². The zero-order valence-corrected chi connectivity index (χ0v) is 17.5. The predicted molar refractivity (Wildman–Crippen MR) is 111 cm³/mol. The van der Waals surface area contributed by atoms with E-state index in [1.54, 1.807) is 48.1 Å². The number of nitrogens with one attached hydrogen (secondary N) is 1. The molecule has 1 aromatic rings. The van der Waals surface area contributed by atoms with Crippen LogP contribution in [0, 0.1) is 5.92 Å². The van der Waals surface area contributed by atoms with Crippen molar-refractivity contribution in [1.82, 2.24) is 15.1 Å². The van der Waals surface area contributed by atoms with Gasteiger partial charge in [0.25, 0.3) is 0 Å². The van der Waals surface area contributed by atoms with Gasteiger partial charge in [0.1, 0.15) is 11.8 Å². The summed E-state index contributed by atoms with van der Waals surface area (Å²) in [6.07, 6.45) is 0.124. The molecule has 0 aromatic heterocycles. The SMILES string of the molecule is COc1ccc(N2CC(C(=O)NC(C)C(=O)N3CCN(CCO)CC3)CC2=O)cc1. The summed E-state index contributed by atoms with van der Waals surface area (Å²) in [4.78, 5) is 43.2. The lowest BCUT2D eigenvalue weighted by molar-refractivity contribution is -0.138. The number of carbonyl (C=O) groups is 3. The summed E-state index contributed by atoms with van der Waals surface area (Å²) in [5, 5.41) is 11.8. The van der Waals surface area contributed by atoms with E-state index in [0.29, 0.717) is 38.5 Å². The van der Waals surface area contributed by atoms with E-state index in [4.69, 9.17) is 9.84 Å². The number of aliphatic hydroxyl groups is 1. The fourth-order valence-corrected chi connectivity index (χ4v) is 3.90. The van der Waals surface area contributed by atoms with Crippen LogP contribution in [0.15, 0.2) is 24.3 Å². The summed E-state index contributed by atoms with van der Waals surface area (Å²) in [5.41, 5.74) is 0.723. The summed E-state index contributed by atoms with van der Waals surface area (Å²) < 4.78 is 5.13. The van der Waals surface area contributed by atoms with Crippen molar-refractivity contribution in [3.63, 3.8) is 0 Å². The molecule has 164 valence electrons. The molecule has 9 heteroatoms. The van der Waals surface area contributed by atoms with Gasteiger partial charge in [0.05, 0.1) is 19.6 Å². The van der Waals surface area contributed by atoms with E-state index >= 15 is 0 Å². The number of aliphatic hydroxyl groups excluding tert-OH is 1. The minimum absolute atomic E-state index is 0.105. The quantitative estimate of drug-likeness (QED) is 0.630. The van der Waals surface area contributed by atoms with Crippen LogP contribution in [0.1, 0.15) is 13.3 Å². The highest BCUT2D eigenvalue weighted by molar-refractivity contribution is 6.01. The minimum Gasteiger partial charge on any atom is -0.497 e. The zero-order valence-electron chi connectivity index (χ0n) is 17.5. The first-order chi connectivity index (χ1) is 14.4. The van der Waals surface area contributed by atoms with E-state index in [9.17, 15) is 14.4 Å². The molecule has 3 rings (SSSR count). The molecule has 0 saturated carbocycles. The minimum atomic E-state index is -0.646. The number of β-amino-alcohol motifs (C(OH)–C–C–N with tert-alkyl or cyclic N) is 1. The molecule has 0 aliphatic carbocycles. The standard InChI is InChI=1S/C21H30N4O5/c1-15(21(29)24-9-7-23(8-10-24)11-12-26)22-20(28)16-13-19(27)25(14-16)17-3-5-18(30-2)6-4-17/h3-6,15-16,26H,7-14H2,1-2H3,(H,22,28). The summed E-state index contributed by atoms with van der Waals surface area (Å²) in [6.45, 7) is 5.25. The van der Waals surface area contributed by atoms with Crippen molar-refractivity contribution in [2.24, 2.45) is 5.92 Å². The van der Waals surface area contributed by atoms with Gasteiger partial charge in [-0.15, -0.1) is 0 Å². The molecule has 0 bridgehead atoms. The predicted octanol–water partition coefficient (Wildman–Crippen LogP) is -0.311. The average molecular weight is 418 g/mol. The largest absolute Gasteiger partial charge is 0.497 e. The lowest BCUT2D eigenvalue weighted by atomic mass is 10.1. The van der Waals surface area contributed by atoms with Crippen LogP contribution in [0.4, 0.5) is 5.69 Å². The first-order valence-electron chi connectivity index (χ1n) is 10.3. The number of methoxy groups -OCH3 is 1. The van der Waals surface area contributed by atoms with Gasteiger partial charge in [-0.25, -0.2) is 0 Å². The molecule has 2 heterocycles. The van der Waals surface area contributed by atoms with Gasteiger partial charge in [0.2, 0.25) is 17.7 Å². The molecule has 2 N–H and O–H groups in total. The Balaban J connectivity index is 1.51. The lowest BCUT2D eigenvalue weighted by Crippen LogP contribution is -2.55. The molecule has 2 atom stereocenters. The van der Waals surface area contributed by atoms with E-state index in [0.717, 1.165) is 5.69 Å². The van der Waals surface area contributed by atoms with Crippen LogP contribution in [-0.4, -0.2) is 91.7 Å². The number of amides is 3. The van der Waals surface area contributed by atoms with Gasteiger partial charge in [0, 0.05) is 51.4 Å². The maximum atomic E-state index is 12.7. The number of piperazine rings is 1. The summed E-state index contributed by atoms with van der Waals surface area (Å²) in [6, 6.07) is 6.49. The van der Waals surface area contributed by atoms with E-state index in [1.807, 2.05) is 0 Å². The Morgan fingerprint density at radius 3 is 2.47 bits per heavy atom. The topological polar surface area (TPSA) is 102 Å². The van der Waals surface area contributed by atoms with Crippen molar-refractivity contribution in [1.29, 1.82) is 0 Å². The molecule has 2 fully saturated rings. The maximum absolute atomic E-state index is 12.7. The summed E-state index contributed by atoms with van der Waals surface area (Å²) >= 11 is 0. The molecule has 0 spiro atoms. The molecule has 2 unspecified atom stereocenters. The number of benzene rings is 1. The Morgan fingerprint density at radius 2 is 1.87 bits per heavy atom. The van der Waals surface area contributed by atoms with Crippen molar-refractivity contribution < 1.29 is 24.2 Å². The number of ether oxygens (including phenoxy) is 1. The highest BCUT2D eigenvalue weighted by Gasteiger charge is 2.36. The number of anilines is 1. The monoisotopic (exact) mass is 418 g/mol.